The fourth-order valence-electron chi connectivity index (χ4n) is 3.77. The lowest BCUT2D eigenvalue weighted by atomic mass is 10.1. The SMILES string of the molecule is COc1cccc(NC(=S)N(CCc2c(C)[nH]c3ccc(Cl)cc23)Cc2ccccn2)c1. The second-order valence-corrected chi connectivity index (χ2v) is 8.40. The van der Waals surface area contributed by atoms with Crippen LogP contribution >= 0.6 is 23.8 Å². The van der Waals surface area contributed by atoms with Gasteiger partial charge in [0, 0.05) is 46.1 Å². The van der Waals surface area contributed by atoms with Gasteiger partial charge in [0.15, 0.2) is 5.11 Å². The lowest BCUT2D eigenvalue weighted by molar-refractivity contribution is 0.414. The molecule has 2 aromatic carbocycles. The fourth-order valence-corrected chi connectivity index (χ4v) is 4.21. The number of halogens is 1. The molecule has 7 heteroatoms. The van der Waals surface area contributed by atoms with Gasteiger partial charge in [-0.2, -0.15) is 0 Å². The summed E-state index contributed by atoms with van der Waals surface area (Å²) in [6.07, 6.45) is 2.62. The van der Waals surface area contributed by atoms with E-state index in [0.29, 0.717) is 11.7 Å². The molecule has 0 atom stereocenters. The third-order valence-corrected chi connectivity index (χ3v) is 6.00. The van der Waals surface area contributed by atoms with E-state index < -0.39 is 0 Å². The molecule has 0 aliphatic heterocycles. The number of ether oxygens (including phenoxy) is 1. The van der Waals surface area contributed by atoms with E-state index in [4.69, 9.17) is 28.6 Å². The molecule has 5 nitrogen and oxygen atoms in total. The van der Waals surface area contributed by atoms with E-state index >= 15 is 0 Å². The summed E-state index contributed by atoms with van der Waals surface area (Å²) in [7, 11) is 1.65. The third kappa shape index (κ3) is 5.21. The Hall–Kier alpha value is -3.09. The normalized spacial score (nSPS) is 10.8. The Morgan fingerprint density at radius 3 is 2.81 bits per heavy atom. The van der Waals surface area contributed by atoms with Gasteiger partial charge in [0.1, 0.15) is 5.75 Å². The summed E-state index contributed by atoms with van der Waals surface area (Å²) >= 11 is 12.1. The first-order valence-corrected chi connectivity index (χ1v) is 11.2. The van der Waals surface area contributed by atoms with E-state index in [1.165, 1.54) is 5.56 Å². The Balaban J connectivity index is 1.56. The number of H-pyrrole nitrogens is 1. The number of anilines is 1. The molecule has 0 aliphatic carbocycles. The van der Waals surface area contributed by atoms with Crippen molar-refractivity contribution in [3.8, 4) is 5.75 Å². The predicted octanol–water partition coefficient (Wildman–Crippen LogP) is 5.98. The summed E-state index contributed by atoms with van der Waals surface area (Å²) < 4.78 is 5.33. The van der Waals surface area contributed by atoms with Crippen LogP contribution in [0.4, 0.5) is 5.69 Å². The van der Waals surface area contributed by atoms with Crippen molar-refractivity contribution in [3.63, 3.8) is 0 Å². The van der Waals surface area contributed by atoms with Crippen molar-refractivity contribution in [3.05, 3.63) is 88.8 Å². The summed E-state index contributed by atoms with van der Waals surface area (Å²) in [4.78, 5) is 10.1. The van der Waals surface area contributed by atoms with E-state index in [-0.39, 0.29) is 0 Å². The Labute approximate surface area is 198 Å². The second-order valence-electron chi connectivity index (χ2n) is 7.57. The van der Waals surface area contributed by atoms with Crippen LogP contribution in [0.15, 0.2) is 66.9 Å². The van der Waals surface area contributed by atoms with E-state index in [1.54, 1.807) is 13.3 Å². The number of methoxy groups -OCH3 is 1. The number of nitrogens with one attached hydrogen (secondary N) is 2. The molecule has 0 fully saturated rings. The lowest BCUT2D eigenvalue weighted by Gasteiger charge is -2.26. The predicted molar refractivity (Wildman–Crippen MR) is 136 cm³/mol. The van der Waals surface area contributed by atoms with Gasteiger partial charge in [-0.15, -0.1) is 0 Å². The van der Waals surface area contributed by atoms with Crippen LogP contribution in [0.3, 0.4) is 0 Å². The largest absolute Gasteiger partial charge is 0.497 e. The highest BCUT2D eigenvalue weighted by Gasteiger charge is 2.15. The maximum Gasteiger partial charge on any atom is 0.173 e. The summed E-state index contributed by atoms with van der Waals surface area (Å²) in [5, 5.41) is 5.87. The molecule has 0 radical (unpaired) electrons. The Kier molecular flexibility index (Phi) is 6.93. The van der Waals surface area contributed by atoms with Crippen LogP contribution in [-0.4, -0.2) is 33.6 Å². The minimum Gasteiger partial charge on any atom is -0.497 e. The number of rotatable bonds is 7. The van der Waals surface area contributed by atoms with Gasteiger partial charge in [0.05, 0.1) is 19.3 Å². The molecule has 32 heavy (non-hydrogen) atoms. The van der Waals surface area contributed by atoms with Gasteiger partial charge in [-0.05, 0) is 73.6 Å². The van der Waals surface area contributed by atoms with Gasteiger partial charge in [-0.3, -0.25) is 4.98 Å². The maximum atomic E-state index is 6.26. The van der Waals surface area contributed by atoms with E-state index in [1.807, 2.05) is 60.7 Å². The summed E-state index contributed by atoms with van der Waals surface area (Å²) in [5.41, 5.74) is 5.33. The number of aromatic nitrogens is 2. The van der Waals surface area contributed by atoms with Crippen molar-refractivity contribution in [2.45, 2.75) is 19.9 Å². The summed E-state index contributed by atoms with van der Waals surface area (Å²) in [6.45, 7) is 3.44. The van der Waals surface area contributed by atoms with Gasteiger partial charge in [-0.25, -0.2) is 0 Å². The molecule has 0 bridgehead atoms. The van der Waals surface area contributed by atoms with Gasteiger partial charge >= 0.3 is 0 Å². The van der Waals surface area contributed by atoms with Crippen LogP contribution in [0.5, 0.6) is 5.75 Å². The molecular weight excluding hydrogens is 440 g/mol. The average Bonchev–Trinajstić information content (AvgIpc) is 3.11. The zero-order valence-corrected chi connectivity index (χ0v) is 19.6. The summed E-state index contributed by atoms with van der Waals surface area (Å²) in [6, 6.07) is 19.6. The van der Waals surface area contributed by atoms with E-state index in [2.05, 4.69) is 27.1 Å². The van der Waals surface area contributed by atoms with Crippen molar-refractivity contribution in [2.24, 2.45) is 0 Å². The number of benzene rings is 2. The van der Waals surface area contributed by atoms with Gasteiger partial charge in [0.2, 0.25) is 0 Å². The first-order chi connectivity index (χ1) is 15.5. The number of hydrogen-bond donors (Lipinski definition) is 2. The number of hydrogen-bond acceptors (Lipinski definition) is 3. The maximum absolute atomic E-state index is 6.26. The van der Waals surface area contributed by atoms with Crippen LogP contribution in [0.1, 0.15) is 17.0 Å². The number of nitrogens with zero attached hydrogens (tertiary/aromatic N) is 2. The van der Waals surface area contributed by atoms with Crippen LogP contribution in [0, 0.1) is 6.92 Å². The molecule has 0 amide bonds. The average molecular weight is 465 g/mol. The van der Waals surface area contributed by atoms with Crippen molar-refractivity contribution >= 4 is 45.5 Å². The zero-order chi connectivity index (χ0) is 22.5. The standard InChI is InChI=1S/C25H25ClN4OS/c1-17-22(23-14-18(26)9-10-24(23)28-17)11-13-30(16-20-6-3-4-12-27-20)25(32)29-19-7-5-8-21(15-19)31-2/h3-10,12,14-15,28H,11,13,16H2,1-2H3,(H,29,32). The van der Waals surface area contributed by atoms with Crippen molar-refractivity contribution in [2.75, 3.05) is 19.0 Å². The number of aryl methyl sites for hydroxylation is 1. The van der Waals surface area contributed by atoms with Crippen molar-refractivity contribution < 1.29 is 4.74 Å². The smallest absolute Gasteiger partial charge is 0.173 e. The summed E-state index contributed by atoms with van der Waals surface area (Å²) in [5.74, 6) is 0.778. The number of fused-ring (bicyclic) bond motifs is 1. The molecule has 4 aromatic rings. The molecule has 164 valence electrons. The topological polar surface area (TPSA) is 53.2 Å². The third-order valence-electron chi connectivity index (χ3n) is 5.40. The Morgan fingerprint density at radius 1 is 1.16 bits per heavy atom. The molecular formula is C25H25ClN4OS. The quantitative estimate of drug-likeness (QED) is 0.330. The molecule has 0 unspecified atom stereocenters. The van der Waals surface area contributed by atoms with E-state index in [0.717, 1.165) is 51.7 Å². The number of pyridine rings is 1. The lowest BCUT2D eigenvalue weighted by Crippen LogP contribution is -2.36. The molecule has 2 heterocycles. The molecule has 4 rings (SSSR count). The van der Waals surface area contributed by atoms with Crippen LogP contribution < -0.4 is 10.1 Å². The monoisotopic (exact) mass is 464 g/mol. The van der Waals surface area contributed by atoms with E-state index in [9.17, 15) is 0 Å². The highest BCUT2D eigenvalue weighted by molar-refractivity contribution is 7.80. The van der Waals surface area contributed by atoms with Crippen LogP contribution in [-0.2, 0) is 13.0 Å². The van der Waals surface area contributed by atoms with Gasteiger partial charge < -0.3 is 19.9 Å². The molecule has 2 N–H and O–H groups in total. The fraction of sp³-hybridized carbons (Fsp3) is 0.200. The Bertz CT molecular complexity index is 1230. The Morgan fingerprint density at radius 2 is 2.03 bits per heavy atom. The number of thiocarbonyl (C=S) groups is 1. The minimum atomic E-state index is 0.610. The number of aromatic amines is 1. The van der Waals surface area contributed by atoms with Crippen LogP contribution in [0.2, 0.25) is 5.02 Å². The first-order valence-electron chi connectivity index (χ1n) is 10.4. The highest BCUT2D eigenvalue weighted by Crippen LogP contribution is 2.26. The van der Waals surface area contributed by atoms with Gasteiger partial charge in [-0.1, -0.05) is 23.7 Å². The first kappa shape index (κ1) is 22.1. The minimum absolute atomic E-state index is 0.610. The molecule has 0 saturated carbocycles. The van der Waals surface area contributed by atoms with Crippen molar-refractivity contribution in [1.82, 2.24) is 14.9 Å². The highest BCUT2D eigenvalue weighted by atomic mass is 35.5. The second kappa shape index (κ2) is 10.0. The molecule has 0 aliphatic rings. The molecule has 0 saturated heterocycles. The zero-order valence-electron chi connectivity index (χ0n) is 18.1. The van der Waals surface area contributed by atoms with Crippen LogP contribution in [0.25, 0.3) is 10.9 Å². The van der Waals surface area contributed by atoms with Gasteiger partial charge in [0.25, 0.3) is 0 Å². The van der Waals surface area contributed by atoms with Crippen molar-refractivity contribution in [1.29, 1.82) is 0 Å². The molecule has 2 aromatic heterocycles. The molecule has 0 spiro atoms.